The highest BCUT2D eigenvalue weighted by atomic mass is 32.1. The van der Waals surface area contributed by atoms with Gasteiger partial charge in [0, 0.05) is 36.9 Å². The number of hydrogen-bond acceptors (Lipinski definition) is 7. The van der Waals surface area contributed by atoms with Gasteiger partial charge in [-0.05, 0) is 24.6 Å². The maximum absolute atomic E-state index is 5.89. The molecular formula is C21H23N3O3S. The summed E-state index contributed by atoms with van der Waals surface area (Å²) < 4.78 is 17.1. The Kier molecular flexibility index (Phi) is 4.45. The van der Waals surface area contributed by atoms with Crippen LogP contribution >= 0.6 is 11.3 Å². The summed E-state index contributed by atoms with van der Waals surface area (Å²) in [5.74, 6) is 2.29. The summed E-state index contributed by atoms with van der Waals surface area (Å²) >= 11 is 1.67. The lowest BCUT2D eigenvalue weighted by atomic mass is 10.0. The fourth-order valence-corrected chi connectivity index (χ4v) is 5.07. The molecular weight excluding hydrogens is 374 g/mol. The second-order valence-electron chi connectivity index (χ2n) is 7.25. The zero-order chi connectivity index (χ0) is 19.1. The van der Waals surface area contributed by atoms with Gasteiger partial charge < -0.3 is 19.1 Å². The molecule has 0 N–H and O–H groups in total. The van der Waals surface area contributed by atoms with Crippen LogP contribution in [0.5, 0.6) is 5.75 Å². The molecule has 0 radical (unpaired) electrons. The Morgan fingerprint density at radius 3 is 2.46 bits per heavy atom. The van der Waals surface area contributed by atoms with Crippen LogP contribution in [-0.2, 0) is 9.47 Å². The summed E-state index contributed by atoms with van der Waals surface area (Å²) in [5.41, 5.74) is 2.32. The van der Waals surface area contributed by atoms with E-state index in [0.717, 1.165) is 59.1 Å². The first-order chi connectivity index (χ1) is 13.7. The molecule has 0 unspecified atom stereocenters. The lowest BCUT2D eigenvalue weighted by Crippen LogP contribution is -2.45. The molecule has 2 aromatic heterocycles. The minimum absolute atomic E-state index is 0.384. The first kappa shape index (κ1) is 17.8. The third-order valence-corrected chi connectivity index (χ3v) is 6.44. The van der Waals surface area contributed by atoms with Crippen molar-refractivity contribution in [3.8, 4) is 16.9 Å². The third kappa shape index (κ3) is 3.03. The van der Waals surface area contributed by atoms with E-state index in [4.69, 9.17) is 19.2 Å². The number of anilines is 1. The van der Waals surface area contributed by atoms with E-state index in [2.05, 4.69) is 27.4 Å². The van der Waals surface area contributed by atoms with Gasteiger partial charge in [-0.15, -0.1) is 11.3 Å². The predicted octanol–water partition coefficient (Wildman–Crippen LogP) is 4.02. The van der Waals surface area contributed by atoms with E-state index < -0.39 is 0 Å². The highest BCUT2D eigenvalue weighted by Gasteiger charge is 2.40. The molecule has 0 amide bonds. The SMILES string of the molecule is COc1ccc(-c2csc3nc(C)nc(N4CCC5(CC4)OCCO5)c23)cc1. The van der Waals surface area contributed by atoms with Crippen molar-refractivity contribution in [1.29, 1.82) is 0 Å². The zero-order valence-electron chi connectivity index (χ0n) is 16.1. The molecule has 1 spiro atoms. The Morgan fingerprint density at radius 2 is 1.79 bits per heavy atom. The van der Waals surface area contributed by atoms with Crippen molar-refractivity contribution in [2.45, 2.75) is 25.6 Å². The molecule has 0 aliphatic carbocycles. The molecule has 0 bridgehead atoms. The fourth-order valence-electron chi connectivity index (χ4n) is 4.08. The van der Waals surface area contributed by atoms with Crippen LogP contribution < -0.4 is 9.64 Å². The van der Waals surface area contributed by atoms with Crippen molar-refractivity contribution >= 4 is 27.4 Å². The molecule has 146 valence electrons. The fraction of sp³-hybridized carbons (Fsp3) is 0.429. The largest absolute Gasteiger partial charge is 0.497 e. The molecule has 0 saturated carbocycles. The molecule has 2 fully saturated rings. The number of piperidine rings is 1. The number of aryl methyl sites for hydroxylation is 1. The van der Waals surface area contributed by atoms with E-state index in [0.29, 0.717) is 13.2 Å². The zero-order valence-corrected chi connectivity index (χ0v) is 16.9. The van der Waals surface area contributed by atoms with Crippen molar-refractivity contribution in [2.75, 3.05) is 38.3 Å². The monoisotopic (exact) mass is 397 g/mol. The van der Waals surface area contributed by atoms with Gasteiger partial charge in [0.25, 0.3) is 0 Å². The molecule has 3 aromatic rings. The van der Waals surface area contributed by atoms with Crippen molar-refractivity contribution in [3.05, 3.63) is 35.5 Å². The number of ether oxygens (including phenoxy) is 3. The Labute approximate surface area is 168 Å². The van der Waals surface area contributed by atoms with Crippen LogP contribution in [0, 0.1) is 6.92 Å². The van der Waals surface area contributed by atoms with Gasteiger partial charge in [0.05, 0.1) is 25.7 Å². The van der Waals surface area contributed by atoms with E-state index in [9.17, 15) is 0 Å². The summed E-state index contributed by atoms with van der Waals surface area (Å²) in [6, 6.07) is 8.17. The normalized spacial score (nSPS) is 18.9. The Balaban J connectivity index is 1.53. The standard InChI is InChI=1S/C21H23N3O3S/c1-14-22-19(24-9-7-21(8-10-24)26-11-12-27-21)18-17(13-28-20(18)23-14)15-3-5-16(25-2)6-4-15/h3-6,13H,7-12H2,1-2H3. The number of benzene rings is 1. The molecule has 2 aliphatic rings. The topological polar surface area (TPSA) is 56.7 Å². The van der Waals surface area contributed by atoms with E-state index in [1.807, 2.05) is 19.1 Å². The number of nitrogens with zero attached hydrogens (tertiary/aromatic N) is 3. The average molecular weight is 398 g/mol. The third-order valence-electron chi connectivity index (χ3n) is 5.57. The summed E-state index contributed by atoms with van der Waals surface area (Å²) in [4.78, 5) is 12.9. The van der Waals surface area contributed by atoms with Gasteiger partial charge in [0.1, 0.15) is 22.2 Å². The van der Waals surface area contributed by atoms with Crippen molar-refractivity contribution in [2.24, 2.45) is 0 Å². The van der Waals surface area contributed by atoms with E-state index in [-0.39, 0.29) is 5.79 Å². The number of thiophene rings is 1. The predicted molar refractivity (Wildman–Crippen MR) is 110 cm³/mol. The van der Waals surface area contributed by atoms with Crippen LogP contribution in [-0.4, -0.2) is 49.2 Å². The van der Waals surface area contributed by atoms with Gasteiger partial charge in [-0.1, -0.05) is 12.1 Å². The molecule has 1 aromatic carbocycles. The van der Waals surface area contributed by atoms with Crippen LogP contribution in [0.2, 0.25) is 0 Å². The molecule has 28 heavy (non-hydrogen) atoms. The molecule has 7 heteroatoms. The number of fused-ring (bicyclic) bond motifs is 1. The minimum Gasteiger partial charge on any atom is -0.497 e. The molecule has 6 nitrogen and oxygen atoms in total. The van der Waals surface area contributed by atoms with Crippen molar-refractivity contribution in [3.63, 3.8) is 0 Å². The lowest BCUT2D eigenvalue weighted by molar-refractivity contribution is -0.169. The molecule has 2 aliphatic heterocycles. The van der Waals surface area contributed by atoms with Gasteiger partial charge in [0.2, 0.25) is 0 Å². The molecule has 2 saturated heterocycles. The summed E-state index contributed by atoms with van der Waals surface area (Å²) in [6.45, 7) is 5.09. The van der Waals surface area contributed by atoms with Crippen LogP contribution in [0.1, 0.15) is 18.7 Å². The highest BCUT2D eigenvalue weighted by Crippen LogP contribution is 2.41. The number of methoxy groups -OCH3 is 1. The summed E-state index contributed by atoms with van der Waals surface area (Å²) in [7, 11) is 1.69. The van der Waals surface area contributed by atoms with Gasteiger partial charge in [-0.25, -0.2) is 9.97 Å². The smallest absolute Gasteiger partial charge is 0.171 e. The first-order valence-corrected chi connectivity index (χ1v) is 10.5. The highest BCUT2D eigenvalue weighted by molar-refractivity contribution is 7.17. The first-order valence-electron chi connectivity index (χ1n) is 9.61. The quantitative estimate of drug-likeness (QED) is 0.665. The van der Waals surface area contributed by atoms with Gasteiger partial charge in [-0.2, -0.15) is 0 Å². The second kappa shape index (κ2) is 6.99. The Hall–Kier alpha value is -2.22. The number of rotatable bonds is 3. The lowest BCUT2D eigenvalue weighted by Gasteiger charge is -2.38. The van der Waals surface area contributed by atoms with Crippen LogP contribution in [0.3, 0.4) is 0 Å². The van der Waals surface area contributed by atoms with Gasteiger partial charge in [-0.3, -0.25) is 0 Å². The number of aromatic nitrogens is 2. The molecule has 4 heterocycles. The van der Waals surface area contributed by atoms with E-state index in [1.54, 1.807) is 18.4 Å². The van der Waals surface area contributed by atoms with E-state index >= 15 is 0 Å². The van der Waals surface area contributed by atoms with E-state index in [1.165, 1.54) is 5.56 Å². The van der Waals surface area contributed by atoms with Gasteiger partial charge >= 0.3 is 0 Å². The van der Waals surface area contributed by atoms with Crippen molar-refractivity contribution < 1.29 is 14.2 Å². The second-order valence-corrected chi connectivity index (χ2v) is 8.11. The maximum Gasteiger partial charge on any atom is 0.171 e. The molecule has 5 rings (SSSR count). The average Bonchev–Trinajstić information content (AvgIpc) is 3.35. The minimum atomic E-state index is -0.384. The summed E-state index contributed by atoms with van der Waals surface area (Å²) in [5, 5.41) is 3.31. The maximum atomic E-state index is 5.89. The Morgan fingerprint density at radius 1 is 1.07 bits per heavy atom. The molecule has 0 atom stereocenters. The van der Waals surface area contributed by atoms with Gasteiger partial charge in [0.15, 0.2) is 5.79 Å². The van der Waals surface area contributed by atoms with Crippen molar-refractivity contribution in [1.82, 2.24) is 9.97 Å². The Bertz CT molecular complexity index is 986. The van der Waals surface area contributed by atoms with Crippen LogP contribution in [0.15, 0.2) is 29.6 Å². The summed E-state index contributed by atoms with van der Waals surface area (Å²) in [6.07, 6.45) is 1.72. The van der Waals surface area contributed by atoms with Crippen LogP contribution in [0.25, 0.3) is 21.3 Å². The van der Waals surface area contributed by atoms with Crippen LogP contribution in [0.4, 0.5) is 5.82 Å². The number of hydrogen-bond donors (Lipinski definition) is 0.